The van der Waals surface area contributed by atoms with Gasteiger partial charge in [0.25, 0.3) is 5.78 Å². The summed E-state index contributed by atoms with van der Waals surface area (Å²) in [5, 5.41) is 20.3. The highest BCUT2D eigenvalue weighted by molar-refractivity contribution is 8.00. The molecule has 1 amide bonds. The van der Waals surface area contributed by atoms with Crippen molar-refractivity contribution in [2.45, 2.75) is 55.3 Å². The summed E-state index contributed by atoms with van der Waals surface area (Å²) in [6, 6.07) is 18.3. The minimum Gasteiger partial charge on any atom is -0.507 e. The zero-order valence-corrected chi connectivity index (χ0v) is 24.8. The first kappa shape index (κ1) is 28.1. The summed E-state index contributed by atoms with van der Waals surface area (Å²) >= 11 is 2.59. The monoisotopic (exact) mass is 601 g/mol. The molecular weight excluding hydrogens is 574 g/mol. The van der Waals surface area contributed by atoms with Crippen LogP contribution >= 0.6 is 23.1 Å². The van der Waals surface area contributed by atoms with Crippen molar-refractivity contribution in [1.82, 2.24) is 10.2 Å². The molecule has 42 heavy (non-hydrogen) atoms. The first-order chi connectivity index (χ1) is 20.2. The van der Waals surface area contributed by atoms with Crippen molar-refractivity contribution in [1.29, 1.82) is 0 Å². The van der Waals surface area contributed by atoms with Crippen LogP contribution in [0.1, 0.15) is 60.5 Å². The molecule has 6 rings (SSSR count). The number of carbonyl (C=O) groups excluding carboxylic acids is 2. The highest BCUT2D eigenvalue weighted by Crippen LogP contribution is 2.45. The predicted molar refractivity (Wildman–Crippen MR) is 161 cm³/mol. The van der Waals surface area contributed by atoms with Crippen LogP contribution in [0, 0.1) is 5.82 Å². The SMILES string of the molecule is CC(C)c1ccc([C@@H]2/C(=C(\O)c3ccc4c(c3)C[C@H](C)O4)C(=O)C(=O)N2c2nnc(SCc3ccc(F)cc3)s2)cc1. The topological polar surface area (TPSA) is 92.6 Å². The fraction of sp³-hybridized carbons (Fsp3) is 0.250. The number of Topliss-reactive ketones (excluding diaryl/α,β-unsaturated/α-hetero) is 1. The number of aromatic nitrogens is 2. The molecule has 0 saturated carbocycles. The van der Waals surface area contributed by atoms with E-state index in [0.29, 0.717) is 33.6 Å². The number of rotatable bonds is 7. The predicted octanol–water partition coefficient (Wildman–Crippen LogP) is 7.04. The average Bonchev–Trinajstić information content (AvgIpc) is 3.67. The number of amides is 1. The van der Waals surface area contributed by atoms with Crippen LogP contribution in [-0.4, -0.2) is 33.1 Å². The maximum atomic E-state index is 13.6. The van der Waals surface area contributed by atoms with Gasteiger partial charge in [-0.3, -0.25) is 14.5 Å². The number of anilines is 1. The van der Waals surface area contributed by atoms with E-state index in [0.717, 1.165) is 22.4 Å². The Morgan fingerprint density at radius 3 is 2.55 bits per heavy atom. The summed E-state index contributed by atoms with van der Waals surface area (Å²) < 4.78 is 19.7. The number of hydrogen-bond acceptors (Lipinski definition) is 8. The maximum absolute atomic E-state index is 13.6. The lowest BCUT2D eigenvalue weighted by Crippen LogP contribution is -2.29. The van der Waals surface area contributed by atoms with Crippen molar-refractivity contribution in [2.75, 3.05) is 4.90 Å². The third-order valence-corrected chi connectivity index (χ3v) is 9.54. The van der Waals surface area contributed by atoms with E-state index in [2.05, 4.69) is 24.0 Å². The molecule has 214 valence electrons. The van der Waals surface area contributed by atoms with E-state index in [1.807, 2.05) is 37.3 Å². The molecule has 2 aliphatic rings. The number of thioether (sulfide) groups is 1. The number of aliphatic hydroxyl groups is 1. The Bertz CT molecular complexity index is 1700. The van der Waals surface area contributed by atoms with Crippen LogP contribution < -0.4 is 9.64 Å². The number of ketones is 1. The largest absolute Gasteiger partial charge is 0.507 e. The second-order valence-corrected chi connectivity index (χ2v) is 12.9. The van der Waals surface area contributed by atoms with E-state index in [1.54, 1.807) is 24.3 Å². The van der Waals surface area contributed by atoms with Crippen LogP contribution in [-0.2, 0) is 21.8 Å². The fourth-order valence-corrected chi connectivity index (χ4v) is 7.04. The number of hydrogen-bond donors (Lipinski definition) is 1. The molecule has 0 radical (unpaired) electrons. The highest BCUT2D eigenvalue weighted by atomic mass is 32.2. The number of fused-ring (bicyclic) bond motifs is 1. The molecular formula is C32H28FN3O4S2. The Kier molecular flexibility index (Phi) is 7.59. The Balaban J connectivity index is 1.39. The van der Waals surface area contributed by atoms with Gasteiger partial charge in [-0.25, -0.2) is 4.39 Å². The van der Waals surface area contributed by atoms with Gasteiger partial charge in [-0.15, -0.1) is 10.2 Å². The lowest BCUT2D eigenvalue weighted by molar-refractivity contribution is -0.132. The zero-order chi connectivity index (χ0) is 29.5. The average molecular weight is 602 g/mol. The number of aliphatic hydroxyl groups excluding tert-OH is 1. The number of nitrogens with zero attached hydrogens (tertiary/aromatic N) is 3. The molecule has 0 aliphatic carbocycles. The molecule has 0 spiro atoms. The van der Waals surface area contributed by atoms with Crippen LogP contribution in [0.15, 0.2) is 76.6 Å². The molecule has 1 fully saturated rings. The Labute approximate surface area is 251 Å². The minimum atomic E-state index is -0.891. The van der Waals surface area contributed by atoms with E-state index >= 15 is 0 Å². The van der Waals surface area contributed by atoms with E-state index in [9.17, 15) is 19.1 Å². The van der Waals surface area contributed by atoms with Gasteiger partial charge in [-0.1, -0.05) is 73.3 Å². The van der Waals surface area contributed by atoms with Gasteiger partial charge in [0.1, 0.15) is 23.4 Å². The molecule has 2 aliphatic heterocycles. The summed E-state index contributed by atoms with van der Waals surface area (Å²) in [7, 11) is 0. The Morgan fingerprint density at radius 1 is 1.10 bits per heavy atom. The number of ether oxygens (including phenoxy) is 1. The molecule has 3 aromatic carbocycles. The third-order valence-electron chi connectivity index (χ3n) is 7.41. The molecule has 3 heterocycles. The first-order valence-electron chi connectivity index (χ1n) is 13.6. The molecule has 7 nitrogen and oxygen atoms in total. The van der Waals surface area contributed by atoms with Crippen molar-refractivity contribution in [3.8, 4) is 5.75 Å². The van der Waals surface area contributed by atoms with E-state index in [-0.39, 0.29) is 28.4 Å². The Hall–Kier alpha value is -4.02. The van der Waals surface area contributed by atoms with Crippen molar-refractivity contribution in [3.63, 3.8) is 0 Å². The molecule has 2 atom stereocenters. The smallest absolute Gasteiger partial charge is 0.301 e. The molecule has 10 heteroatoms. The Morgan fingerprint density at radius 2 is 1.83 bits per heavy atom. The lowest BCUT2D eigenvalue weighted by Gasteiger charge is -2.23. The van der Waals surface area contributed by atoms with E-state index in [4.69, 9.17) is 4.74 Å². The first-order valence-corrected chi connectivity index (χ1v) is 15.4. The van der Waals surface area contributed by atoms with Crippen LogP contribution in [0.25, 0.3) is 5.76 Å². The number of carbonyl (C=O) groups is 2. The number of benzene rings is 3. The fourth-order valence-electron chi connectivity index (χ4n) is 5.22. The van der Waals surface area contributed by atoms with Crippen LogP contribution in [0.2, 0.25) is 0 Å². The van der Waals surface area contributed by atoms with Crippen LogP contribution in [0.4, 0.5) is 9.52 Å². The standard InChI is InChI=1S/C32H28FN3O4S2/c1-17(2)20-6-8-21(9-7-20)27-26(28(37)22-10-13-25-23(15-22)14-18(3)40-25)29(38)30(39)36(27)31-34-35-32(42-31)41-16-19-4-11-24(33)12-5-19/h4-13,15,17-18,27,37H,14,16H2,1-3H3/b28-26+/t18-,27+/m0/s1. The van der Waals surface area contributed by atoms with Gasteiger partial charge in [-0.05, 0) is 65.4 Å². The molecule has 1 saturated heterocycles. The van der Waals surface area contributed by atoms with Gasteiger partial charge >= 0.3 is 5.91 Å². The van der Waals surface area contributed by atoms with E-state index < -0.39 is 17.7 Å². The quantitative estimate of drug-likeness (QED) is 0.0798. The zero-order valence-electron chi connectivity index (χ0n) is 23.2. The summed E-state index contributed by atoms with van der Waals surface area (Å²) in [4.78, 5) is 28.5. The molecule has 0 unspecified atom stereocenters. The summed E-state index contributed by atoms with van der Waals surface area (Å²) in [5.74, 6) is -0.530. The summed E-state index contributed by atoms with van der Waals surface area (Å²) in [6.45, 7) is 6.15. The maximum Gasteiger partial charge on any atom is 0.301 e. The summed E-state index contributed by atoms with van der Waals surface area (Å²) in [6.07, 6.45) is 0.712. The van der Waals surface area contributed by atoms with Gasteiger partial charge < -0.3 is 9.84 Å². The summed E-state index contributed by atoms with van der Waals surface area (Å²) in [5.41, 5.74) is 4.08. The minimum absolute atomic E-state index is 0.0000686. The second kappa shape index (κ2) is 11.3. The van der Waals surface area contributed by atoms with Gasteiger partial charge in [0.05, 0.1) is 11.6 Å². The van der Waals surface area contributed by atoms with Gasteiger partial charge in [-0.2, -0.15) is 0 Å². The van der Waals surface area contributed by atoms with Gasteiger partial charge in [0.15, 0.2) is 4.34 Å². The van der Waals surface area contributed by atoms with Crippen molar-refractivity contribution < 1.29 is 23.8 Å². The highest BCUT2D eigenvalue weighted by Gasteiger charge is 2.48. The molecule has 1 N–H and O–H groups in total. The van der Waals surface area contributed by atoms with E-state index in [1.165, 1.54) is 40.1 Å². The lowest BCUT2D eigenvalue weighted by atomic mass is 9.93. The normalized spacial score (nSPS) is 19.4. The molecule has 4 aromatic rings. The van der Waals surface area contributed by atoms with Gasteiger partial charge in [0.2, 0.25) is 5.13 Å². The molecule has 0 bridgehead atoms. The molecule has 1 aromatic heterocycles. The number of halogens is 1. The van der Waals surface area contributed by atoms with Crippen LogP contribution in [0.5, 0.6) is 5.75 Å². The van der Waals surface area contributed by atoms with Crippen molar-refractivity contribution >= 4 is 45.7 Å². The second-order valence-electron chi connectivity index (χ2n) is 10.7. The third kappa shape index (κ3) is 5.32. The van der Waals surface area contributed by atoms with Crippen molar-refractivity contribution in [3.05, 3.63) is 106 Å². The van der Waals surface area contributed by atoms with Gasteiger partial charge in [0, 0.05) is 17.7 Å². The van der Waals surface area contributed by atoms with Crippen LogP contribution in [0.3, 0.4) is 0 Å². The van der Waals surface area contributed by atoms with Crippen molar-refractivity contribution in [2.24, 2.45) is 0 Å².